The van der Waals surface area contributed by atoms with Crippen LogP contribution in [0.3, 0.4) is 0 Å². The molecule has 1 aromatic rings. The zero-order valence-corrected chi connectivity index (χ0v) is 19.0. The quantitative estimate of drug-likeness (QED) is 0.717. The van der Waals surface area contributed by atoms with Gasteiger partial charge in [-0.2, -0.15) is 0 Å². The van der Waals surface area contributed by atoms with Gasteiger partial charge in [-0.05, 0) is 76.6 Å². The van der Waals surface area contributed by atoms with E-state index in [0.29, 0.717) is 36.1 Å². The zero-order chi connectivity index (χ0) is 22.8. The Morgan fingerprint density at radius 1 is 1.17 bits per heavy atom. The molecule has 0 bridgehead atoms. The minimum atomic E-state index is -0.769. The van der Waals surface area contributed by atoms with Gasteiger partial charge >= 0.3 is 5.97 Å². The van der Waals surface area contributed by atoms with Crippen molar-refractivity contribution in [2.24, 2.45) is 5.92 Å². The highest BCUT2D eigenvalue weighted by Gasteiger charge is 2.40. The standard InChI is InChI=1S/C23H34N2O5/c1-13(2)18(24-20(27)16-11-14(3)19(26)15(4)12-16)21(28)25-10-8-9-17(25)22(29)30-23(5,6)7/h11-13,17-18,26H,8-10H2,1-7H3,(H,24,27)/t17-,18-/m0/s1. The van der Waals surface area contributed by atoms with Gasteiger partial charge in [-0.1, -0.05) is 13.8 Å². The normalized spacial score (nSPS) is 17.7. The van der Waals surface area contributed by atoms with Crippen molar-refractivity contribution in [2.75, 3.05) is 6.54 Å². The number of carbonyl (C=O) groups is 3. The van der Waals surface area contributed by atoms with Crippen LogP contribution in [0.5, 0.6) is 5.75 Å². The predicted molar refractivity (Wildman–Crippen MR) is 114 cm³/mol. The van der Waals surface area contributed by atoms with E-state index >= 15 is 0 Å². The molecule has 2 N–H and O–H groups in total. The molecule has 0 saturated carbocycles. The van der Waals surface area contributed by atoms with Gasteiger partial charge in [0.25, 0.3) is 5.91 Å². The zero-order valence-electron chi connectivity index (χ0n) is 19.0. The summed E-state index contributed by atoms with van der Waals surface area (Å²) in [5.41, 5.74) is 0.940. The molecule has 0 aromatic heterocycles. The van der Waals surface area contributed by atoms with Crippen molar-refractivity contribution in [3.8, 4) is 5.75 Å². The van der Waals surface area contributed by atoms with Gasteiger partial charge in [0.05, 0.1) is 0 Å². The molecule has 1 saturated heterocycles. The van der Waals surface area contributed by atoms with E-state index in [-0.39, 0.29) is 23.5 Å². The highest BCUT2D eigenvalue weighted by Crippen LogP contribution is 2.25. The molecule has 0 unspecified atom stereocenters. The number of benzene rings is 1. The lowest BCUT2D eigenvalue weighted by Crippen LogP contribution is -2.54. The largest absolute Gasteiger partial charge is 0.507 e. The van der Waals surface area contributed by atoms with Gasteiger partial charge in [0.1, 0.15) is 23.4 Å². The molecule has 0 spiro atoms. The maximum absolute atomic E-state index is 13.3. The fraction of sp³-hybridized carbons (Fsp3) is 0.609. The monoisotopic (exact) mass is 418 g/mol. The van der Waals surface area contributed by atoms with Gasteiger partial charge in [-0.15, -0.1) is 0 Å². The van der Waals surface area contributed by atoms with Crippen LogP contribution in [0, 0.1) is 19.8 Å². The SMILES string of the molecule is Cc1cc(C(=O)N[C@H](C(=O)N2CCC[C@H]2C(=O)OC(C)(C)C)C(C)C)cc(C)c1O. The van der Waals surface area contributed by atoms with E-state index in [2.05, 4.69) is 5.32 Å². The highest BCUT2D eigenvalue weighted by molar-refractivity contribution is 5.98. The number of nitrogens with one attached hydrogen (secondary N) is 1. The Morgan fingerprint density at radius 2 is 1.73 bits per heavy atom. The minimum absolute atomic E-state index is 0.153. The van der Waals surface area contributed by atoms with E-state index in [1.165, 1.54) is 4.90 Å². The van der Waals surface area contributed by atoms with Crippen LogP contribution in [0.25, 0.3) is 0 Å². The average Bonchev–Trinajstić information content (AvgIpc) is 3.11. The van der Waals surface area contributed by atoms with Crippen molar-refractivity contribution >= 4 is 17.8 Å². The van der Waals surface area contributed by atoms with Crippen LogP contribution in [-0.2, 0) is 14.3 Å². The van der Waals surface area contributed by atoms with Crippen LogP contribution in [-0.4, -0.2) is 52.0 Å². The molecule has 1 fully saturated rings. The first-order chi connectivity index (χ1) is 13.8. The van der Waals surface area contributed by atoms with Crippen LogP contribution in [0.4, 0.5) is 0 Å². The molecule has 2 rings (SSSR count). The number of phenolic OH excluding ortho intramolecular Hbond substituents is 1. The van der Waals surface area contributed by atoms with Crippen molar-refractivity contribution in [2.45, 2.75) is 79.0 Å². The Bertz CT molecular complexity index is 802. The number of amides is 2. The number of rotatable bonds is 5. The van der Waals surface area contributed by atoms with E-state index in [4.69, 9.17) is 4.74 Å². The molecule has 1 aliphatic heterocycles. The van der Waals surface area contributed by atoms with Crippen LogP contribution >= 0.6 is 0 Å². The van der Waals surface area contributed by atoms with Crippen molar-refractivity contribution in [1.29, 1.82) is 0 Å². The van der Waals surface area contributed by atoms with Gasteiger partial charge in [-0.25, -0.2) is 4.79 Å². The molecule has 2 atom stereocenters. The second-order valence-corrected chi connectivity index (χ2v) is 9.38. The second kappa shape index (κ2) is 9.06. The summed E-state index contributed by atoms with van der Waals surface area (Å²) in [7, 11) is 0. The van der Waals surface area contributed by atoms with Gasteiger partial charge < -0.3 is 20.1 Å². The van der Waals surface area contributed by atoms with Crippen molar-refractivity contribution in [3.63, 3.8) is 0 Å². The smallest absolute Gasteiger partial charge is 0.329 e. The van der Waals surface area contributed by atoms with Crippen LogP contribution < -0.4 is 5.32 Å². The molecule has 1 heterocycles. The number of aromatic hydroxyl groups is 1. The first-order valence-corrected chi connectivity index (χ1v) is 10.5. The Morgan fingerprint density at radius 3 is 2.23 bits per heavy atom. The molecular formula is C23H34N2O5. The fourth-order valence-corrected chi connectivity index (χ4v) is 3.65. The number of ether oxygens (including phenoxy) is 1. The van der Waals surface area contributed by atoms with E-state index in [9.17, 15) is 19.5 Å². The number of likely N-dealkylation sites (tertiary alicyclic amines) is 1. The average molecular weight is 419 g/mol. The number of aryl methyl sites for hydroxylation is 2. The van der Waals surface area contributed by atoms with E-state index in [1.807, 2.05) is 13.8 Å². The molecule has 1 aromatic carbocycles. The lowest BCUT2D eigenvalue weighted by molar-refractivity contribution is -0.163. The molecule has 7 nitrogen and oxygen atoms in total. The number of phenols is 1. The Hall–Kier alpha value is -2.57. The third-order valence-electron chi connectivity index (χ3n) is 5.19. The molecule has 0 radical (unpaired) electrons. The second-order valence-electron chi connectivity index (χ2n) is 9.38. The molecule has 7 heteroatoms. The summed E-state index contributed by atoms with van der Waals surface area (Å²) < 4.78 is 5.49. The minimum Gasteiger partial charge on any atom is -0.507 e. The van der Waals surface area contributed by atoms with Gasteiger partial charge in [0, 0.05) is 12.1 Å². The molecule has 2 amide bonds. The van der Waals surface area contributed by atoms with Crippen molar-refractivity contribution in [1.82, 2.24) is 10.2 Å². The maximum Gasteiger partial charge on any atom is 0.329 e. The number of hydrogen-bond acceptors (Lipinski definition) is 5. The molecule has 0 aliphatic carbocycles. The third kappa shape index (κ3) is 5.52. The van der Waals surface area contributed by atoms with Crippen LogP contribution in [0.1, 0.15) is 68.9 Å². The summed E-state index contributed by atoms with van der Waals surface area (Å²) in [4.78, 5) is 40.3. The maximum atomic E-state index is 13.3. The topological polar surface area (TPSA) is 95.9 Å². The Balaban J connectivity index is 2.20. The summed E-state index contributed by atoms with van der Waals surface area (Å²) in [6, 6.07) is 1.79. The van der Waals surface area contributed by atoms with Crippen molar-refractivity contribution in [3.05, 3.63) is 28.8 Å². The number of hydrogen-bond donors (Lipinski definition) is 2. The lowest BCUT2D eigenvalue weighted by atomic mass is 10.0. The summed E-state index contributed by atoms with van der Waals surface area (Å²) in [6.45, 7) is 13.0. The molecule has 30 heavy (non-hydrogen) atoms. The Kier molecular flexibility index (Phi) is 7.16. The number of carbonyl (C=O) groups excluding carboxylic acids is 3. The highest BCUT2D eigenvalue weighted by atomic mass is 16.6. The number of nitrogens with zero attached hydrogens (tertiary/aromatic N) is 1. The first-order valence-electron chi connectivity index (χ1n) is 10.5. The van der Waals surface area contributed by atoms with Gasteiger partial charge in [0.15, 0.2) is 0 Å². The first kappa shape index (κ1) is 23.7. The third-order valence-corrected chi connectivity index (χ3v) is 5.19. The van der Waals surface area contributed by atoms with Crippen molar-refractivity contribution < 1.29 is 24.2 Å². The predicted octanol–water partition coefficient (Wildman–Crippen LogP) is 3.10. The Labute approximate surface area is 178 Å². The van der Waals surface area contributed by atoms with E-state index in [0.717, 1.165) is 0 Å². The van der Waals surface area contributed by atoms with E-state index in [1.54, 1.807) is 46.8 Å². The van der Waals surface area contributed by atoms with Gasteiger partial charge in [0.2, 0.25) is 5.91 Å². The summed E-state index contributed by atoms with van der Waals surface area (Å²) in [5, 5.41) is 12.8. The molecule has 166 valence electrons. The fourth-order valence-electron chi connectivity index (χ4n) is 3.65. The lowest BCUT2D eigenvalue weighted by Gasteiger charge is -2.31. The van der Waals surface area contributed by atoms with E-state index < -0.39 is 23.7 Å². The van der Waals surface area contributed by atoms with Crippen LogP contribution in [0.15, 0.2) is 12.1 Å². The summed E-state index contributed by atoms with van der Waals surface area (Å²) >= 11 is 0. The molecular weight excluding hydrogens is 384 g/mol. The summed E-state index contributed by atoms with van der Waals surface area (Å²) in [5.74, 6) is -1.09. The molecule has 1 aliphatic rings. The number of esters is 1. The summed E-state index contributed by atoms with van der Waals surface area (Å²) in [6.07, 6.45) is 1.26. The van der Waals surface area contributed by atoms with Gasteiger partial charge in [-0.3, -0.25) is 9.59 Å². The van der Waals surface area contributed by atoms with Crippen LogP contribution in [0.2, 0.25) is 0 Å².